The second-order valence-corrected chi connectivity index (χ2v) is 7.98. The number of likely N-dealkylation sites (tertiary alicyclic amines) is 1. The Hall–Kier alpha value is -1.85. The molecule has 5 heteroatoms. The molecule has 2 aromatic rings. The van der Waals surface area contributed by atoms with Crippen LogP contribution < -0.4 is 5.32 Å². The molecule has 1 aromatic heterocycles. The van der Waals surface area contributed by atoms with Gasteiger partial charge in [-0.1, -0.05) is 18.2 Å². The predicted molar refractivity (Wildman–Crippen MR) is 102 cm³/mol. The van der Waals surface area contributed by atoms with Crippen molar-refractivity contribution in [3.63, 3.8) is 0 Å². The molecule has 25 heavy (non-hydrogen) atoms. The first-order valence-corrected chi connectivity index (χ1v) is 9.18. The number of hydrogen-bond acceptors (Lipinski definition) is 4. The lowest BCUT2D eigenvalue weighted by molar-refractivity contribution is 0.0793. The maximum absolute atomic E-state index is 9.67. The lowest BCUT2D eigenvalue weighted by Crippen LogP contribution is -2.35. The highest BCUT2D eigenvalue weighted by Gasteiger charge is 2.18. The number of aliphatic hydroxyl groups is 1. The van der Waals surface area contributed by atoms with Crippen LogP contribution in [0.25, 0.3) is 0 Å². The van der Waals surface area contributed by atoms with Gasteiger partial charge >= 0.3 is 0 Å². The molecule has 0 amide bonds. The number of nitrogens with one attached hydrogen (secondary N) is 1. The molecule has 0 aliphatic carbocycles. The van der Waals surface area contributed by atoms with Crippen LogP contribution in [-0.4, -0.2) is 39.0 Å². The highest BCUT2D eigenvalue weighted by atomic mass is 16.3. The van der Waals surface area contributed by atoms with Crippen LogP contribution >= 0.6 is 0 Å². The summed E-state index contributed by atoms with van der Waals surface area (Å²) in [6.07, 6.45) is 5.68. The quantitative estimate of drug-likeness (QED) is 0.876. The normalized spacial score (nSPS) is 17.0. The minimum absolute atomic E-state index is 0.00891. The number of para-hydroxylation sites is 1. The Morgan fingerprint density at radius 2 is 1.92 bits per heavy atom. The van der Waals surface area contributed by atoms with Gasteiger partial charge in [0.1, 0.15) is 0 Å². The van der Waals surface area contributed by atoms with Crippen molar-refractivity contribution in [3.05, 3.63) is 47.8 Å². The first-order chi connectivity index (χ1) is 11.9. The smallest absolute Gasteiger partial charge is 0.0564 e. The topological polar surface area (TPSA) is 53.3 Å². The van der Waals surface area contributed by atoms with Gasteiger partial charge in [0.05, 0.1) is 17.8 Å². The number of aliphatic hydroxyl groups excluding tert-OH is 1. The summed E-state index contributed by atoms with van der Waals surface area (Å²) in [5.74, 6) is 0. The second-order valence-electron chi connectivity index (χ2n) is 7.98. The third-order valence-electron chi connectivity index (χ3n) is 4.77. The average Bonchev–Trinajstić information content (AvgIpc) is 3.05. The number of piperidine rings is 1. The standard InChI is InChI=1S/C20H30N4O/c1-20(2,3)24-14-16(13-22-24)12-21-19-7-5-4-6-17(19)15-23-10-8-18(25)9-11-23/h4-7,13-14,18,21,25H,8-12,15H2,1-3H3. The van der Waals surface area contributed by atoms with Crippen LogP contribution in [0.2, 0.25) is 0 Å². The first-order valence-electron chi connectivity index (χ1n) is 9.18. The largest absolute Gasteiger partial charge is 0.393 e. The lowest BCUT2D eigenvalue weighted by atomic mass is 10.1. The summed E-state index contributed by atoms with van der Waals surface area (Å²) in [5, 5.41) is 17.7. The highest BCUT2D eigenvalue weighted by molar-refractivity contribution is 5.51. The molecule has 1 aromatic carbocycles. The third-order valence-corrected chi connectivity index (χ3v) is 4.77. The summed E-state index contributed by atoms with van der Waals surface area (Å²) >= 11 is 0. The molecular weight excluding hydrogens is 312 g/mol. The van der Waals surface area contributed by atoms with Crippen molar-refractivity contribution in [2.45, 2.75) is 58.3 Å². The van der Waals surface area contributed by atoms with Crippen LogP contribution in [-0.2, 0) is 18.6 Å². The third kappa shape index (κ3) is 4.83. The average molecular weight is 342 g/mol. The van der Waals surface area contributed by atoms with Crippen molar-refractivity contribution >= 4 is 5.69 Å². The number of rotatable bonds is 5. The Balaban J connectivity index is 1.62. The Labute approximate surface area is 150 Å². The van der Waals surface area contributed by atoms with E-state index in [0.717, 1.165) is 39.0 Å². The van der Waals surface area contributed by atoms with Crippen LogP contribution in [0.4, 0.5) is 5.69 Å². The van der Waals surface area contributed by atoms with Gasteiger partial charge < -0.3 is 10.4 Å². The zero-order valence-corrected chi connectivity index (χ0v) is 15.6. The van der Waals surface area contributed by atoms with E-state index in [2.05, 4.69) is 66.5 Å². The molecule has 0 bridgehead atoms. The maximum atomic E-state index is 9.67. The summed E-state index contributed by atoms with van der Waals surface area (Å²) < 4.78 is 2.01. The van der Waals surface area contributed by atoms with E-state index in [9.17, 15) is 5.11 Å². The van der Waals surface area contributed by atoms with Crippen LogP contribution in [0.15, 0.2) is 36.7 Å². The van der Waals surface area contributed by atoms with Gasteiger partial charge in [0.2, 0.25) is 0 Å². The van der Waals surface area contributed by atoms with Crippen molar-refractivity contribution in [2.75, 3.05) is 18.4 Å². The molecule has 1 saturated heterocycles. The van der Waals surface area contributed by atoms with Crippen molar-refractivity contribution in [1.82, 2.24) is 14.7 Å². The highest BCUT2D eigenvalue weighted by Crippen LogP contribution is 2.21. The minimum atomic E-state index is -0.121. The van der Waals surface area contributed by atoms with Gasteiger partial charge in [-0.05, 0) is 45.2 Å². The van der Waals surface area contributed by atoms with E-state index in [0.29, 0.717) is 0 Å². The number of benzene rings is 1. The summed E-state index contributed by atoms with van der Waals surface area (Å²) in [6.45, 7) is 10.1. The fourth-order valence-electron chi connectivity index (χ4n) is 3.16. The lowest BCUT2D eigenvalue weighted by Gasteiger charge is -2.30. The van der Waals surface area contributed by atoms with Gasteiger partial charge in [-0.2, -0.15) is 5.10 Å². The molecule has 0 atom stereocenters. The zero-order chi connectivity index (χ0) is 17.9. The van der Waals surface area contributed by atoms with E-state index in [1.807, 2.05) is 10.9 Å². The van der Waals surface area contributed by atoms with Gasteiger partial charge in [-0.15, -0.1) is 0 Å². The summed E-state index contributed by atoms with van der Waals surface area (Å²) in [7, 11) is 0. The fraction of sp³-hybridized carbons (Fsp3) is 0.550. The SMILES string of the molecule is CC(C)(C)n1cc(CNc2ccccc2CN2CCC(O)CC2)cn1. The molecular formula is C20H30N4O. The molecule has 0 radical (unpaired) electrons. The van der Waals surface area contributed by atoms with E-state index >= 15 is 0 Å². The molecule has 2 heterocycles. The van der Waals surface area contributed by atoms with Gasteiger partial charge in [0, 0.05) is 43.6 Å². The number of nitrogens with zero attached hydrogens (tertiary/aromatic N) is 3. The van der Waals surface area contributed by atoms with Gasteiger partial charge in [-0.25, -0.2) is 0 Å². The Kier molecular flexibility index (Phi) is 5.45. The Morgan fingerprint density at radius 1 is 1.20 bits per heavy atom. The van der Waals surface area contributed by atoms with Gasteiger partial charge in [0.15, 0.2) is 0 Å². The molecule has 5 nitrogen and oxygen atoms in total. The van der Waals surface area contributed by atoms with Crippen molar-refractivity contribution in [2.24, 2.45) is 0 Å². The molecule has 3 rings (SSSR count). The van der Waals surface area contributed by atoms with Crippen molar-refractivity contribution < 1.29 is 5.11 Å². The molecule has 0 unspecified atom stereocenters. The van der Waals surface area contributed by atoms with Gasteiger partial charge in [0.25, 0.3) is 0 Å². The summed E-state index contributed by atoms with van der Waals surface area (Å²) in [6, 6.07) is 8.50. The number of aromatic nitrogens is 2. The maximum Gasteiger partial charge on any atom is 0.0564 e. The van der Waals surface area contributed by atoms with Crippen LogP contribution in [0.5, 0.6) is 0 Å². The molecule has 136 valence electrons. The second kappa shape index (κ2) is 7.58. The van der Waals surface area contributed by atoms with Gasteiger partial charge in [-0.3, -0.25) is 9.58 Å². The first kappa shape index (κ1) is 18.0. The summed E-state index contributed by atoms with van der Waals surface area (Å²) in [4.78, 5) is 2.42. The Morgan fingerprint density at radius 3 is 2.60 bits per heavy atom. The number of anilines is 1. The molecule has 2 N–H and O–H groups in total. The van der Waals surface area contributed by atoms with E-state index in [-0.39, 0.29) is 11.6 Å². The number of hydrogen-bond donors (Lipinski definition) is 2. The fourth-order valence-corrected chi connectivity index (χ4v) is 3.16. The summed E-state index contributed by atoms with van der Waals surface area (Å²) in [5.41, 5.74) is 3.68. The Bertz CT molecular complexity index is 681. The molecule has 1 aliphatic rings. The van der Waals surface area contributed by atoms with Crippen molar-refractivity contribution in [1.29, 1.82) is 0 Å². The molecule has 1 fully saturated rings. The molecule has 1 aliphatic heterocycles. The van der Waals surface area contributed by atoms with Crippen LogP contribution in [0.3, 0.4) is 0 Å². The van der Waals surface area contributed by atoms with E-state index < -0.39 is 0 Å². The molecule has 0 saturated carbocycles. The van der Waals surface area contributed by atoms with E-state index in [4.69, 9.17) is 0 Å². The van der Waals surface area contributed by atoms with E-state index in [1.54, 1.807) is 0 Å². The minimum Gasteiger partial charge on any atom is -0.393 e. The zero-order valence-electron chi connectivity index (χ0n) is 15.6. The monoisotopic (exact) mass is 342 g/mol. The predicted octanol–water partition coefficient (Wildman–Crippen LogP) is 3.21. The van der Waals surface area contributed by atoms with E-state index in [1.165, 1.54) is 16.8 Å². The molecule has 0 spiro atoms. The van der Waals surface area contributed by atoms with Crippen molar-refractivity contribution in [3.8, 4) is 0 Å². The van der Waals surface area contributed by atoms with Crippen LogP contribution in [0, 0.1) is 0 Å². The van der Waals surface area contributed by atoms with Crippen LogP contribution in [0.1, 0.15) is 44.7 Å².